The van der Waals surface area contributed by atoms with Crippen LogP contribution in [0.4, 0.5) is 5.69 Å². The number of thioether (sulfide) groups is 1. The monoisotopic (exact) mass is 496 g/mol. The van der Waals surface area contributed by atoms with Crippen LogP contribution in [0.5, 0.6) is 0 Å². The summed E-state index contributed by atoms with van der Waals surface area (Å²) in [5, 5.41) is 4.24. The number of nitrogens with one attached hydrogen (secondary N) is 1. The van der Waals surface area contributed by atoms with Gasteiger partial charge in [-0.25, -0.2) is 9.97 Å². The van der Waals surface area contributed by atoms with E-state index in [4.69, 9.17) is 16.6 Å². The topological polar surface area (TPSA) is 76.9 Å². The molecule has 0 saturated heterocycles. The molecule has 0 saturated carbocycles. The van der Waals surface area contributed by atoms with Crippen LogP contribution in [0.3, 0.4) is 0 Å². The number of aromatic nitrogens is 3. The van der Waals surface area contributed by atoms with Crippen LogP contribution >= 0.6 is 34.7 Å². The number of pyridine rings is 1. The summed E-state index contributed by atoms with van der Waals surface area (Å²) in [5.41, 5.74) is 4.43. The third-order valence-electron chi connectivity index (χ3n) is 5.67. The van der Waals surface area contributed by atoms with Crippen molar-refractivity contribution in [3.05, 3.63) is 73.6 Å². The minimum absolute atomic E-state index is 0.0652. The lowest BCUT2D eigenvalue weighted by Gasteiger charge is -2.15. The summed E-state index contributed by atoms with van der Waals surface area (Å²) in [5.74, 6) is -0.163. The van der Waals surface area contributed by atoms with E-state index in [0.29, 0.717) is 10.8 Å². The number of nitrogens with zero attached hydrogens (tertiary/aromatic N) is 3. The molecule has 0 bridgehead atoms. The number of carbonyl (C=O) groups excluding carboxylic acids is 1. The van der Waals surface area contributed by atoms with Gasteiger partial charge in [-0.05, 0) is 62.4 Å². The molecule has 1 aromatic carbocycles. The number of fused-ring (bicyclic) bond motifs is 3. The largest absolute Gasteiger partial charge is 0.323 e. The Labute approximate surface area is 204 Å². The summed E-state index contributed by atoms with van der Waals surface area (Å²) in [6.45, 7) is 4.01. The van der Waals surface area contributed by atoms with Crippen LogP contribution in [-0.4, -0.2) is 26.2 Å². The van der Waals surface area contributed by atoms with Crippen molar-refractivity contribution in [3.8, 4) is 5.69 Å². The fourth-order valence-corrected chi connectivity index (χ4v) is 6.46. The number of anilines is 1. The van der Waals surface area contributed by atoms with Gasteiger partial charge in [0.25, 0.3) is 5.56 Å². The molecule has 0 fully saturated rings. The number of carbonyl (C=O) groups is 1. The highest BCUT2D eigenvalue weighted by Gasteiger charge is 2.24. The molecular formula is C24H21ClN4O2S2. The molecule has 9 heteroatoms. The van der Waals surface area contributed by atoms with Crippen molar-refractivity contribution < 1.29 is 4.79 Å². The van der Waals surface area contributed by atoms with Gasteiger partial charge in [-0.3, -0.25) is 14.2 Å². The van der Waals surface area contributed by atoms with Gasteiger partial charge in [0.15, 0.2) is 10.3 Å². The number of aryl methyl sites for hydroxylation is 4. The Morgan fingerprint density at radius 2 is 2.12 bits per heavy atom. The van der Waals surface area contributed by atoms with Crippen molar-refractivity contribution in [2.75, 3.05) is 11.1 Å². The maximum Gasteiger partial charge on any atom is 0.267 e. The highest BCUT2D eigenvalue weighted by atomic mass is 35.5. The molecule has 3 aromatic heterocycles. The number of thiophene rings is 1. The first-order valence-corrected chi connectivity index (χ1v) is 12.8. The van der Waals surface area contributed by atoms with E-state index in [0.717, 1.165) is 51.9 Å². The highest BCUT2D eigenvalue weighted by Crippen LogP contribution is 2.36. The molecule has 33 heavy (non-hydrogen) atoms. The molecule has 1 N–H and O–H groups in total. The molecule has 5 rings (SSSR count). The van der Waals surface area contributed by atoms with Crippen LogP contribution < -0.4 is 10.9 Å². The average Bonchev–Trinajstić information content (AvgIpc) is 3.36. The molecule has 0 unspecified atom stereocenters. The van der Waals surface area contributed by atoms with Gasteiger partial charge in [-0.15, -0.1) is 11.3 Å². The Morgan fingerprint density at radius 1 is 1.27 bits per heavy atom. The maximum atomic E-state index is 13.8. The predicted octanol–water partition coefficient (Wildman–Crippen LogP) is 5.33. The summed E-state index contributed by atoms with van der Waals surface area (Å²) in [4.78, 5) is 37.3. The molecule has 168 valence electrons. The summed E-state index contributed by atoms with van der Waals surface area (Å²) in [6, 6.07) is 9.39. The maximum absolute atomic E-state index is 13.8. The molecule has 0 atom stereocenters. The Balaban J connectivity index is 1.55. The zero-order valence-electron chi connectivity index (χ0n) is 18.1. The van der Waals surface area contributed by atoms with E-state index in [1.165, 1.54) is 16.6 Å². The van der Waals surface area contributed by atoms with Crippen LogP contribution in [0.15, 0.2) is 46.5 Å². The van der Waals surface area contributed by atoms with Crippen LogP contribution in [-0.2, 0) is 17.6 Å². The molecule has 0 spiro atoms. The van der Waals surface area contributed by atoms with Crippen molar-refractivity contribution in [3.63, 3.8) is 0 Å². The lowest BCUT2D eigenvalue weighted by molar-refractivity contribution is -0.113. The van der Waals surface area contributed by atoms with E-state index in [1.54, 1.807) is 34.2 Å². The zero-order chi connectivity index (χ0) is 23.1. The number of amides is 1. The van der Waals surface area contributed by atoms with Crippen LogP contribution in [0, 0.1) is 13.8 Å². The second-order valence-electron chi connectivity index (χ2n) is 8.04. The van der Waals surface area contributed by atoms with Gasteiger partial charge in [0, 0.05) is 11.1 Å². The van der Waals surface area contributed by atoms with E-state index in [2.05, 4.69) is 16.4 Å². The summed E-state index contributed by atoms with van der Waals surface area (Å²) >= 11 is 8.90. The normalized spacial score (nSPS) is 12.8. The van der Waals surface area contributed by atoms with Crippen LogP contribution in [0.25, 0.3) is 15.9 Å². The summed E-state index contributed by atoms with van der Waals surface area (Å²) in [7, 11) is 0. The highest BCUT2D eigenvalue weighted by molar-refractivity contribution is 7.99. The van der Waals surface area contributed by atoms with Gasteiger partial charge < -0.3 is 5.32 Å². The molecule has 0 aliphatic heterocycles. The number of rotatable bonds is 5. The molecule has 3 heterocycles. The van der Waals surface area contributed by atoms with Gasteiger partial charge in [-0.1, -0.05) is 41.1 Å². The Bertz CT molecular complexity index is 1460. The lowest BCUT2D eigenvalue weighted by atomic mass is 10.1. The number of halogens is 1. The first-order valence-electron chi connectivity index (χ1n) is 10.6. The van der Waals surface area contributed by atoms with E-state index in [9.17, 15) is 9.59 Å². The first kappa shape index (κ1) is 22.1. The van der Waals surface area contributed by atoms with Crippen molar-refractivity contribution in [2.45, 2.75) is 38.3 Å². The molecule has 0 radical (unpaired) electrons. The summed E-state index contributed by atoms with van der Waals surface area (Å²) < 4.78 is 1.66. The molecule has 1 aliphatic rings. The van der Waals surface area contributed by atoms with E-state index >= 15 is 0 Å². The fourth-order valence-electron chi connectivity index (χ4n) is 4.19. The first-order chi connectivity index (χ1) is 15.9. The molecular weight excluding hydrogens is 476 g/mol. The Kier molecular flexibility index (Phi) is 5.99. The molecule has 6 nitrogen and oxygen atoms in total. The third-order valence-corrected chi connectivity index (χ3v) is 8.09. The molecule has 4 aromatic rings. The number of benzene rings is 1. The average molecular weight is 497 g/mol. The lowest BCUT2D eigenvalue weighted by Crippen LogP contribution is -2.23. The van der Waals surface area contributed by atoms with Crippen molar-refractivity contribution in [1.29, 1.82) is 0 Å². The minimum atomic E-state index is -0.245. The van der Waals surface area contributed by atoms with E-state index in [1.807, 2.05) is 26.0 Å². The number of hydrogen-bond acceptors (Lipinski definition) is 6. The zero-order valence-corrected chi connectivity index (χ0v) is 20.5. The second kappa shape index (κ2) is 8.93. The van der Waals surface area contributed by atoms with E-state index < -0.39 is 0 Å². The number of hydrogen-bond donors (Lipinski definition) is 1. The fraction of sp³-hybridized carbons (Fsp3) is 0.250. The molecule has 1 aliphatic carbocycles. The minimum Gasteiger partial charge on any atom is -0.323 e. The third kappa shape index (κ3) is 4.18. The van der Waals surface area contributed by atoms with Crippen molar-refractivity contribution in [1.82, 2.24) is 14.5 Å². The predicted molar refractivity (Wildman–Crippen MR) is 135 cm³/mol. The Hall–Kier alpha value is -2.68. The molecule has 1 amide bonds. The quantitative estimate of drug-likeness (QED) is 0.229. The van der Waals surface area contributed by atoms with Gasteiger partial charge in [0.1, 0.15) is 4.83 Å². The second-order valence-corrected chi connectivity index (χ2v) is 10.4. The van der Waals surface area contributed by atoms with Crippen molar-refractivity contribution >= 4 is 56.5 Å². The van der Waals surface area contributed by atoms with Gasteiger partial charge in [0.05, 0.1) is 22.5 Å². The smallest absolute Gasteiger partial charge is 0.267 e. The van der Waals surface area contributed by atoms with E-state index in [-0.39, 0.29) is 22.4 Å². The van der Waals surface area contributed by atoms with Crippen LogP contribution in [0.2, 0.25) is 5.15 Å². The van der Waals surface area contributed by atoms with Gasteiger partial charge >= 0.3 is 0 Å². The van der Waals surface area contributed by atoms with Crippen molar-refractivity contribution in [2.24, 2.45) is 0 Å². The van der Waals surface area contributed by atoms with Crippen LogP contribution in [0.1, 0.15) is 28.0 Å². The standard InChI is InChI=1S/C24H21ClN4O2S2/c1-13-8-9-17(14(2)11-13)29-23(31)20-15-5-3-7-18(15)33-22(20)28-24(29)32-12-19(30)27-16-6-4-10-26-21(16)25/h4,6,8-11H,3,5,7,12H2,1-2H3,(H,27,30). The summed E-state index contributed by atoms with van der Waals surface area (Å²) in [6.07, 6.45) is 4.55. The SMILES string of the molecule is Cc1ccc(-n2c(SCC(=O)Nc3cccnc3Cl)nc3sc4c(c3c2=O)CCC4)c(C)c1. The Morgan fingerprint density at radius 3 is 2.91 bits per heavy atom. The van der Waals surface area contributed by atoms with Gasteiger partial charge in [-0.2, -0.15) is 0 Å². The van der Waals surface area contributed by atoms with Gasteiger partial charge in [0.2, 0.25) is 5.91 Å².